The lowest BCUT2D eigenvalue weighted by Crippen LogP contribution is -2.47. The highest BCUT2D eigenvalue weighted by Gasteiger charge is 2.24. The predicted octanol–water partition coefficient (Wildman–Crippen LogP) is -0.0547. The molecular weight excluding hydrogens is 202 g/mol. The third-order valence-electron chi connectivity index (χ3n) is 1.62. The van der Waals surface area contributed by atoms with Crippen LogP contribution in [0, 0.1) is 11.3 Å². The summed E-state index contributed by atoms with van der Waals surface area (Å²) in [5.41, 5.74) is 5.01. The number of nitrogens with zero attached hydrogens (tertiary/aromatic N) is 1. The number of nitrogens with one attached hydrogen (secondary N) is 1. The molecule has 0 aromatic heterocycles. The van der Waals surface area contributed by atoms with E-state index in [1.54, 1.807) is 26.8 Å². The molecule has 0 saturated heterocycles. The van der Waals surface area contributed by atoms with Gasteiger partial charge in [0.25, 0.3) is 0 Å². The summed E-state index contributed by atoms with van der Waals surface area (Å²) in [6.45, 7) is 5.21. The first-order chi connectivity index (χ1) is 6.23. The largest absolute Gasteiger partial charge is 0.324 e. The zero-order valence-corrected chi connectivity index (χ0v) is 9.56. The number of rotatable bonds is 5. The summed E-state index contributed by atoms with van der Waals surface area (Å²) in [6, 6.07) is 1.74. The molecule has 6 heteroatoms. The summed E-state index contributed by atoms with van der Waals surface area (Å²) in [5.74, 6) is 0. The summed E-state index contributed by atoms with van der Waals surface area (Å²) in [5, 5.41) is 7.60. The van der Waals surface area contributed by atoms with Crippen LogP contribution in [0.15, 0.2) is 0 Å². The number of nitrogens with two attached hydrogens (primary N) is 1. The van der Waals surface area contributed by atoms with Crippen LogP contribution in [0.4, 0.5) is 0 Å². The molecule has 0 aliphatic carbocycles. The van der Waals surface area contributed by atoms with Crippen molar-refractivity contribution in [2.75, 3.05) is 6.54 Å². The number of nitriles is 1. The van der Waals surface area contributed by atoms with E-state index in [1.807, 2.05) is 0 Å². The predicted molar refractivity (Wildman–Crippen MR) is 54.9 cm³/mol. The maximum absolute atomic E-state index is 11.5. The summed E-state index contributed by atoms with van der Waals surface area (Å²) < 4.78 is 25.2. The van der Waals surface area contributed by atoms with E-state index < -0.39 is 20.8 Å². The van der Waals surface area contributed by atoms with Crippen LogP contribution in [-0.4, -0.2) is 25.8 Å². The molecule has 3 N–H and O–H groups in total. The fourth-order valence-electron chi connectivity index (χ4n) is 0.767. The lowest BCUT2D eigenvalue weighted by molar-refractivity contribution is 0.495. The molecule has 0 heterocycles. The molecule has 5 nitrogen and oxygen atoms in total. The molecule has 82 valence electrons. The second kappa shape index (κ2) is 4.73. The van der Waals surface area contributed by atoms with Gasteiger partial charge in [0, 0.05) is 12.1 Å². The van der Waals surface area contributed by atoms with Gasteiger partial charge >= 0.3 is 0 Å². The van der Waals surface area contributed by atoms with Crippen LogP contribution in [0.5, 0.6) is 0 Å². The van der Waals surface area contributed by atoms with Crippen molar-refractivity contribution in [3.8, 4) is 6.07 Å². The standard InChI is InChI=1S/C8H17N3O2S/c1-4-7(5-9)14(12,13)11-6-8(2,3)10/h7,11H,4,6,10H2,1-3H3. The highest BCUT2D eigenvalue weighted by Crippen LogP contribution is 2.04. The van der Waals surface area contributed by atoms with Gasteiger partial charge < -0.3 is 5.73 Å². The van der Waals surface area contributed by atoms with Crippen molar-refractivity contribution in [3.63, 3.8) is 0 Å². The molecule has 1 unspecified atom stereocenters. The van der Waals surface area contributed by atoms with Gasteiger partial charge in [-0.3, -0.25) is 0 Å². The quantitative estimate of drug-likeness (QED) is 0.677. The van der Waals surface area contributed by atoms with Crippen molar-refractivity contribution in [2.45, 2.75) is 38.0 Å². The van der Waals surface area contributed by atoms with Crippen LogP contribution in [0.2, 0.25) is 0 Å². The Morgan fingerprint density at radius 2 is 2.07 bits per heavy atom. The summed E-state index contributed by atoms with van der Waals surface area (Å²) in [6.07, 6.45) is 0.275. The van der Waals surface area contributed by atoms with Gasteiger partial charge in [-0.05, 0) is 20.3 Å². The normalized spacial score (nSPS) is 14.8. The van der Waals surface area contributed by atoms with Crippen molar-refractivity contribution in [1.29, 1.82) is 5.26 Å². The average Bonchev–Trinajstić information content (AvgIpc) is 2.02. The van der Waals surface area contributed by atoms with E-state index in [4.69, 9.17) is 11.0 Å². The molecule has 0 bridgehead atoms. The van der Waals surface area contributed by atoms with Gasteiger partial charge in [-0.15, -0.1) is 0 Å². The lowest BCUT2D eigenvalue weighted by atomic mass is 10.1. The third kappa shape index (κ3) is 4.56. The SMILES string of the molecule is CCC(C#N)S(=O)(=O)NCC(C)(C)N. The van der Waals surface area contributed by atoms with Gasteiger partial charge in [-0.2, -0.15) is 5.26 Å². The van der Waals surface area contributed by atoms with Gasteiger partial charge in [0.2, 0.25) is 10.0 Å². The molecule has 14 heavy (non-hydrogen) atoms. The Balaban J connectivity index is 4.45. The van der Waals surface area contributed by atoms with E-state index in [0.29, 0.717) is 0 Å². The minimum atomic E-state index is -3.55. The highest BCUT2D eigenvalue weighted by molar-refractivity contribution is 7.90. The average molecular weight is 219 g/mol. The fraction of sp³-hybridized carbons (Fsp3) is 0.875. The Morgan fingerprint density at radius 1 is 1.57 bits per heavy atom. The zero-order valence-electron chi connectivity index (χ0n) is 8.74. The van der Waals surface area contributed by atoms with Crippen molar-refractivity contribution < 1.29 is 8.42 Å². The number of hydrogen-bond donors (Lipinski definition) is 2. The van der Waals surface area contributed by atoms with E-state index in [-0.39, 0.29) is 13.0 Å². The van der Waals surface area contributed by atoms with Crippen molar-refractivity contribution in [1.82, 2.24) is 4.72 Å². The topological polar surface area (TPSA) is 96.0 Å². The second-order valence-corrected chi connectivity index (χ2v) is 5.83. The van der Waals surface area contributed by atoms with Crippen LogP contribution < -0.4 is 10.5 Å². The second-order valence-electron chi connectivity index (χ2n) is 3.88. The van der Waals surface area contributed by atoms with Crippen LogP contribution in [0.25, 0.3) is 0 Å². The molecule has 0 saturated carbocycles. The molecule has 0 aromatic carbocycles. The van der Waals surface area contributed by atoms with Gasteiger partial charge in [0.15, 0.2) is 5.25 Å². The first-order valence-corrected chi connectivity index (χ1v) is 5.94. The first kappa shape index (κ1) is 13.4. The highest BCUT2D eigenvalue weighted by atomic mass is 32.2. The molecule has 0 fully saturated rings. The fourth-order valence-corrected chi connectivity index (χ4v) is 2.12. The molecule has 0 spiro atoms. The van der Waals surface area contributed by atoms with Crippen LogP contribution in [0.1, 0.15) is 27.2 Å². The Labute approximate surface area is 85.3 Å². The molecule has 0 radical (unpaired) electrons. The first-order valence-electron chi connectivity index (χ1n) is 4.40. The van der Waals surface area contributed by atoms with E-state index in [2.05, 4.69) is 4.72 Å². The smallest absolute Gasteiger partial charge is 0.228 e. The number of hydrogen-bond acceptors (Lipinski definition) is 4. The molecule has 1 atom stereocenters. The van der Waals surface area contributed by atoms with Crippen molar-refractivity contribution in [2.24, 2.45) is 5.73 Å². The van der Waals surface area contributed by atoms with Crippen LogP contribution in [0.3, 0.4) is 0 Å². The van der Waals surface area contributed by atoms with Gasteiger partial charge in [-0.1, -0.05) is 6.92 Å². The summed E-state index contributed by atoms with van der Waals surface area (Å²) in [4.78, 5) is 0. The summed E-state index contributed by atoms with van der Waals surface area (Å²) >= 11 is 0. The van der Waals surface area contributed by atoms with E-state index in [1.165, 1.54) is 0 Å². The van der Waals surface area contributed by atoms with Crippen LogP contribution >= 0.6 is 0 Å². The van der Waals surface area contributed by atoms with Crippen molar-refractivity contribution in [3.05, 3.63) is 0 Å². The minimum Gasteiger partial charge on any atom is -0.324 e. The van der Waals surface area contributed by atoms with Gasteiger partial charge in [0.1, 0.15) is 0 Å². The zero-order chi connectivity index (χ0) is 11.4. The Bertz CT molecular complexity index is 310. The molecule has 0 amide bonds. The maximum atomic E-state index is 11.5. The third-order valence-corrected chi connectivity index (χ3v) is 3.35. The van der Waals surface area contributed by atoms with Crippen LogP contribution in [-0.2, 0) is 10.0 Å². The molecule has 0 aliphatic heterocycles. The molecule has 0 aromatic rings. The number of sulfonamides is 1. The van der Waals surface area contributed by atoms with Gasteiger partial charge in [-0.25, -0.2) is 13.1 Å². The molecule has 0 aliphatic rings. The van der Waals surface area contributed by atoms with Gasteiger partial charge in [0.05, 0.1) is 6.07 Å². The molecule has 0 rings (SSSR count). The Kier molecular flexibility index (Phi) is 4.52. The molecular formula is C8H17N3O2S. The van der Waals surface area contributed by atoms with E-state index >= 15 is 0 Å². The minimum absolute atomic E-state index is 0.132. The maximum Gasteiger partial charge on any atom is 0.228 e. The van der Waals surface area contributed by atoms with E-state index in [9.17, 15) is 8.42 Å². The van der Waals surface area contributed by atoms with E-state index in [0.717, 1.165) is 0 Å². The summed E-state index contributed by atoms with van der Waals surface area (Å²) in [7, 11) is -3.55. The lowest BCUT2D eigenvalue weighted by Gasteiger charge is -2.19. The van der Waals surface area contributed by atoms with Crippen molar-refractivity contribution >= 4 is 10.0 Å². The monoisotopic (exact) mass is 219 g/mol. The Hall–Kier alpha value is -0.640. The Morgan fingerprint density at radius 3 is 2.36 bits per heavy atom.